The predicted octanol–water partition coefficient (Wildman–Crippen LogP) is 5.51. The van der Waals surface area contributed by atoms with Crippen LogP contribution >= 0.6 is 33.8 Å². The zero-order valence-corrected chi connectivity index (χ0v) is 12.0. The van der Waals surface area contributed by atoms with Gasteiger partial charge in [0.05, 0.1) is 8.52 Å². The minimum Gasteiger partial charge on any atom is -0.419 e. The number of halogens is 2. The van der Waals surface area contributed by atoms with E-state index in [9.17, 15) is 8.39 Å². The third-order valence-electron chi connectivity index (χ3n) is 1.38. The molecule has 0 aliphatic heterocycles. The molecular formula is C6H8F2N4OP4. The van der Waals surface area contributed by atoms with Crippen LogP contribution in [-0.4, -0.2) is 0 Å². The molecule has 0 fully saturated rings. The maximum atomic E-state index is 14.1. The van der Waals surface area contributed by atoms with Gasteiger partial charge in [-0.1, -0.05) is 18.2 Å². The lowest BCUT2D eigenvalue weighted by atomic mass is 10.3. The first-order valence-electron chi connectivity index (χ1n) is 4.14. The van der Waals surface area contributed by atoms with Crippen molar-refractivity contribution in [1.29, 1.82) is 0 Å². The first-order valence-corrected chi connectivity index (χ1v) is 8.19. The predicted molar refractivity (Wildman–Crippen MR) is 69.8 cm³/mol. The number of benzene rings is 1. The summed E-state index contributed by atoms with van der Waals surface area (Å²) < 4.78 is 41.1. The largest absolute Gasteiger partial charge is 0.438 e. The van der Waals surface area contributed by atoms with Crippen LogP contribution in [0.25, 0.3) is 0 Å². The summed E-state index contributed by atoms with van der Waals surface area (Å²) in [7, 11) is -5.18. The van der Waals surface area contributed by atoms with Crippen LogP contribution in [0.1, 0.15) is 0 Å². The van der Waals surface area contributed by atoms with E-state index < -0.39 is 25.3 Å². The fourth-order valence-electron chi connectivity index (χ4n) is 0.830. The van der Waals surface area contributed by atoms with Gasteiger partial charge in [0.1, 0.15) is 14.6 Å². The first-order chi connectivity index (χ1) is 8.20. The second-order valence-electron chi connectivity index (χ2n) is 2.46. The smallest absolute Gasteiger partial charge is 0.419 e. The number of rotatable bonds is 5. The van der Waals surface area contributed by atoms with E-state index in [4.69, 9.17) is 10.0 Å². The SMILES string of the molecule is NP=NP(F)(=NPN=PF)Oc1ccccc1. The Kier molecular flexibility index (Phi) is 6.87. The Morgan fingerprint density at radius 1 is 1.35 bits per heavy atom. The van der Waals surface area contributed by atoms with Gasteiger partial charge in [-0.15, -0.1) is 8.71 Å². The summed E-state index contributed by atoms with van der Waals surface area (Å²) in [6.07, 6.45) is 0. The molecule has 0 heterocycles. The number of hydrogen-bond donors (Lipinski definition) is 1. The summed E-state index contributed by atoms with van der Waals surface area (Å²) in [5.41, 5.74) is 5.12. The Morgan fingerprint density at radius 2 is 2.06 bits per heavy atom. The quantitative estimate of drug-likeness (QED) is 0.728. The van der Waals surface area contributed by atoms with Crippen molar-refractivity contribution in [3.8, 4) is 5.75 Å². The topological polar surface area (TPSA) is 72.3 Å². The molecule has 0 radical (unpaired) electrons. The third kappa shape index (κ3) is 5.72. The summed E-state index contributed by atoms with van der Waals surface area (Å²) >= 11 is 0. The molecule has 0 saturated heterocycles. The Labute approximate surface area is 102 Å². The van der Waals surface area contributed by atoms with Crippen molar-refractivity contribution in [2.24, 2.45) is 19.1 Å². The minimum atomic E-state index is -3.86. The third-order valence-corrected chi connectivity index (χ3v) is 5.12. The van der Waals surface area contributed by atoms with Gasteiger partial charge in [0.15, 0.2) is 0 Å². The highest BCUT2D eigenvalue weighted by atomic mass is 31.2. The van der Waals surface area contributed by atoms with Crippen molar-refractivity contribution < 1.29 is 12.9 Å². The molecule has 2 atom stereocenters. The first kappa shape index (κ1) is 14.8. The van der Waals surface area contributed by atoms with E-state index in [0.29, 0.717) is 5.75 Å². The lowest BCUT2D eigenvalue weighted by Crippen LogP contribution is -1.84. The molecule has 0 aromatic heterocycles. The average Bonchev–Trinajstić information content (AvgIpc) is 2.31. The van der Waals surface area contributed by atoms with Gasteiger partial charge in [-0.25, -0.2) is 0 Å². The molecule has 11 heteroatoms. The van der Waals surface area contributed by atoms with Crippen LogP contribution < -0.4 is 10.0 Å². The Hall–Kier alpha value is -0.300. The molecule has 17 heavy (non-hydrogen) atoms. The maximum absolute atomic E-state index is 14.1. The molecule has 0 aliphatic rings. The molecule has 1 aromatic rings. The van der Waals surface area contributed by atoms with Crippen LogP contribution in [0.5, 0.6) is 5.75 Å². The van der Waals surface area contributed by atoms with Gasteiger partial charge in [-0.3, -0.25) is 5.50 Å². The van der Waals surface area contributed by atoms with Crippen LogP contribution in [0.2, 0.25) is 0 Å². The lowest BCUT2D eigenvalue weighted by molar-refractivity contribution is 0.553. The van der Waals surface area contributed by atoms with E-state index in [0.717, 1.165) is 0 Å². The summed E-state index contributed by atoms with van der Waals surface area (Å²) in [5.74, 6) is 0.294. The van der Waals surface area contributed by atoms with Gasteiger partial charge >= 0.3 is 7.74 Å². The zero-order valence-electron chi connectivity index (χ0n) is 8.31. The van der Waals surface area contributed by atoms with Crippen molar-refractivity contribution in [1.82, 2.24) is 0 Å². The molecule has 0 amide bonds. The van der Waals surface area contributed by atoms with Crippen LogP contribution in [0.3, 0.4) is 0 Å². The number of nitrogens with zero attached hydrogens (tertiary/aromatic N) is 3. The molecule has 0 spiro atoms. The Balaban J connectivity index is 2.89. The Morgan fingerprint density at radius 3 is 2.65 bits per heavy atom. The minimum absolute atomic E-state index is 0.0233. The molecular weight excluding hydrogens is 306 g/mol. The molecule has 92 valence electrons. The van der Waals surface area contributed by atoms with Crippen molar-refractivity contribution >= 4 is 33.8 Å². The molecule has 2 N–H and O–H groups in total. The summed E-state index contributed by atoms with van der Waals surface area (Å²) in [6.45, 7) is 0. The van der Waals surface area contributed by atoms with E-state index in [1.807, 2.05) is 0 Å². The molecule has 1 aromatic carbocycles. The van der Waals surface area contributed by atoms with E-state index in [2.05, 4.69) is 13.5 Å². The van der Waals surface area contributed by atoms with E-state index in [1.165, 1.54) is 0 Å². The fraction of sp³-hybridized carbons (Fsp3) is 0. The summed E-state index contributed by atoms with van der Waals surface area (Å²) in [4.78, 5) is 0. The van der Waals surface area contributed by atoms with Gasteiger partial charge < -0.3 is 4.52 Å². The van der Waals surface area contributed by atoms with Crippen LogP contribution in [0.4, 0.5) is 8.39 Å². The molecule has 0 bridgehead atoms. The highest BCUT2D eigenvalue weighted by molar-refractivity contribution is 7.63. The Bertz CT molecular complexity index is 455. The highest BCUT2D eigenvalue weighted by Gasteiger charge is 2.19. The van der Waals surface area contributed by atoms with Gasteiger partial charge in [0.2, 0.25) is 8.68 Å². The van der Waals surface area contributed by atoms with Crippen LogP contribution in [0, 0.1) is 0 Å². The molecule has 1 rings (SSSR count). The van der Waals surface area contributed by atoms with Gasteiger partial charge in [-0.2, -0.15) is 13.2 Å². The molecule has 5 nitrogen and oxygen atoms in total. The van der Waals surface area contributed by atoms with Crippen molar-refractivity contribution in [3.63, 3.8) is 0 Å². The summed E-state index contributed by atoms with van der Waals surface area (Å²) in [6, 6.07) is 8.28. The normalized spacial score (nSPS) is 15.7. The second kappa shape index (κ2) is 7.92. The van der Waals surface area contributed by atoms with Gasteiger partial charge in [-0.05, 0) is 12.1 Å². The maximum Gasteiger partial charge on any atom is 0.438 e. The standard InChI is InChI=1S/C6H8F2N4OP4/c7-14-10-16-12-17(8,11-15-9)13-6-4-2-1-3-5-6/h1-5,16H,(H2,9,11). The number of hydrogen-bond acceptors (Lipinski definition) is 3. The van der Waals surface area contributed by atoms with Gasteiger partial charge in [0, 0.05) is 0 Å². The molecule has 0 aliphatic carbocycles. The molecule has 0 saturated carbocycles. The van der Waals surface area contributed by atoms with Crippen LogP contribution in [-0.2, 0) is 0 Å². The zero-order chi connectivity index (χ0) is 12.6. The van der Waals surface area contributed by atoms with E-state index >= 15 is 0 Å². The molecule has 2 unspecified atom stereocenters. The number of para-hydroxylation sites is 1. The van der Waals surface area contributed by atoms with Gasteiger partial charge in [0.25, 0.3) is 0 Å². The van der Waals surface area contributed by atoms with Crippen molar-refractivity contribution in [3.05, 3.63) is 30.3 Å². The van der Waals surface area contributed by atoms with Crippen LogP contribution in [0.15, 0.2) is 43.9 Å². The fourth-order valence-corrected chi connectivity index (χ4v) is 3.66. The van der Waals surface area contributed by atoms with Crippen molar-refractivity contribution in [2.75, 3.05) is 0 Å². The lowest BCUT2D eigenvalue weighted by Gasteiger charge is -2.10. The number of nitrogens with two attached hydrogens (primary N) is 1. The second-order valence-corrected chi connectivity index (χ2v) is 6.48. The highest BCUT2D eigenvalue weighted by Crippen LogP contribution is 2.58. The van der Waals surface area contributed by atoms with Crippen molar-refractivity contribution in [2.45, 2.75) is 0 Å². The monoisotopic (exact) mass is 314 g/mol. The van der Waals surface area contributed by atoms with E-state index in [-0.39, 0.29) is 8.52 Å². The van der Waals surface area contributed by atoms with E-state index in [1.54, 1.807) is 30.3 Å². The summed E-state index contributed by atoms with van der Waals surface area (Å²) in [5, 5.41) is 0. The average molecular weight is 314 g/mol.